The van der Waals surface area contributed by atoms with Crippen molar-refractivity contribution in [3.05, 3.63) is 71.7 Å². The molecule has 1 aromatic carbocycles. The zero-order valence-corrected chi connectivity index (χ0v) is 10.1. The standard InChI is InChI=1S/C15H11N3O/c16-10-14(9-12-5-4-8-17-11-12)18-15(19)13-6-2-1-3-7-13/h1-9,11H,(H,18,19). The van der Waals surface area contributed by atoms with Crippen LogP contribution in [-0.2, 0) is 0 Å². The predicted octanol–water partition coefficient (Wildman–Crippen LogP) is 2.38. The number of nitrogens with one attached hydrogen (secondary N) is 1. The molecule has 92 valence electrons. The molecule has 0 bridgehead atoms. The molecule has 1 N–H and O–H groups in total. The summed E-state index contributed by atoms with van der Waals surface area (Å²) < 4.78 is 0. The van der Waals surface area contributed by atoms with Gasteiger partial charge in [0.15, 0.2) is 0 Å². The second-order valence-corrected chi connectivity index (χ2v) is 3.78. The van der Waals surface area contributed by atoms with Gasteiger partial charge in [-0.25, -0.2) is 0 Å². The first-order chi connectivity index (χ1) is 9.29. The third kappa shape index (κ3) is 3.51. The molecule has 1 amide bonds. The summed E-state index contributed by atoms with van der Waals surface area (Å²) >= 11 is 0. The van der Waals surface area contributed by atoms with Gasteiger partial charge >= 0.3 is 0 Å². The van der Waals surface area contributed by atoms with E-state index in [1.54, 1.807) is 54.9 Å². The second kappa shape index (κ2) is 6.12. The van der Waals surface area contributed by atoms with Crippen molar-refractivity contribution in [2.75, 3.05) is 0 Å². The van der Waals surface area contributed by atoms with E-state index in [9.17, 15) is 4.79 Å². The van der Waals surface area contributed by atoms with Crippen molar-refractivity contribution in [1.29, 1.82) is 5.26 Å². The van der Waals surface area contributed by atoms with Gasteiger partial charge in [0.25, 0.3) is 5.91 Å². The molecule has 4 nitrogen and oxygen atoms in total. The third-order valence-corrected chi connectivity index (χ3v) is 2.40. The lowest BCUT2D eigenvalue weighted by molar-refractivity contribution is 0.0968. The van der Waals surface area contributed by atoms with Crippen LogP contribution in [0.5, 0.6) is 0 Å². The number of benzene rings is 1. The average Bonchev–Trinajstić information content (AvgIpc) is 2.48. The molecule has 19 heavy (non-hydrogen) atoms. The maximum atomic E-state index is 11.9. The molecule has 1 heterocycles. The molecule has 2 aromatic rings. The molecule has 0 saturated heterocycles. The number of carbonyl (C=O) groups excluding carboxylic acids is 1. The number of nitriles is 1. The number of amides is 1. The molecular weight excluding hydrogens is 238 g/mol. The molecule has 0 aliphatic rings. The van der Waals surface area contributed by atoms with Gasteiger partial charge in [-0.05, 0) is 29.8 Å². The van der Waals surface area contributed by atoms with Crippen LogP contribution in [0, 0.1) is 11.3 Å². The Hall–Kier alpha value is -2.93. The predicted molar refractivity (Wildman–Crippen MR) is 71.7 cm³/mol. The minimum Gasteiger partial charge on any atom is -0.313 e. The summed E-state index contributed by atoms with van der Waals surface area (Å²) in [5.41, 5.74) is 1.45. The summed E-state index contributed by atoms with van der Waals surface area (Å²) in [7, 11) is 0. The number of nitrogens with zero attached hydrogens (tertiary/aromatic N) is 2. The van der Waals surface area contributed by atoms with E-state index in [2.05, 4.69) is 10.3 Å². The SMILES string of the molecule is N#CC(=Cc1cccnc1)NC(=O)c1ccccc1. The Morgan fingerprint density at radius 2 is 2.00 bits per heavy atom. The van der Waals surface area contributed by atoms with Gasteiger partial charge in [-0.1, -0.05) is 24.3 Å². The summed E-state index contributed by atoms with van der Waals surface area (Å²) in [6, 6.07) is 14.3. The summed E-state index contributed by atoms with van der Waals surface area (Å²) in [5, 5.41) is 11.6. The van der Waals surface area contributed by atoms with Crippen LogP contribution in [0.1, 0.15) is 15.9 Å². The van der Waals surface area contributed by atoms with Gasteiger partial charge in [-0.2, -0.15) is 5.26 Å². The quantitative estimate of drug-likeness (QED) is 0.849. The van der Waals surface area contributed by atoms with Crippen LogP contribution >= 0.6 is 0 Å². The van der Waals surface area contributed by atoms with Crippen LogP contribution < -0.4 is 5.32 Å². The first-order valence-corrected chi connectivity index (χ1v) is 5.68. The minimum atomic E-state index is -0.308. The zero-order chi connectivity index (χ0) is 13.5. The fraction of sp³-hybridized carbons (Fsp3) is 0. The van der Waals surface area contributed by atoms with Gasteiger partial charge < -0.3 is 5.32 Å². The Balaban J connectivity index is 2.15. The number of rotatable bonds is 3. The highest BCUT2D eigenvalue weighted by Gasteiger charge is 2.06. The molecule has 1 aromatic heterocycles. The van der Waals surface area contributed by atoms with E-state index in [-0.39, 0.29) is 11.6 Å². The lowest BCUT2D eigenvalue weighted by Gasteiger charge is -2.03. The van der Waals surface area contributed by atoms with Crippen LogP contribution in [0.3, 0.4) is 0 Å². The van der Waals surface area contributed by atoms with E-state index in [4.69, 9.17) is 5.26 Å². The molecule has 0 fully saturated rings. The smallest absolute Gasteiger partial charge is 0.256 e. The molecule has 0 aliphatic carbocycles. The van der Waals surface area contributed by atoms with E-state index < -0.39 is 0 Å². The maximum absolute atomic E-state index is 11.9. The minimum absolute atomic E-state index is 0.182. The summed E-state index contributed by atoms with van der Waals surface area (Å²) in [6.45, 7) is 0. The Morgan fingerprint density at radius 1 is 1.21 bits per heavy atom. The second-order valence-electron chi connectivity index (χ2n) is 3.78. The molecule has 2 rings (SSSR count). The topological polar surface area (TPSA) is 65.8 Å². The number of hydrogen-bond acceptors (Lipinski definition) is 3. The highest BCUT2D eigenvalue weighted by atomic mass is 16.1. The van der Waals surface area contributed by atoms with E-state index in [1.807, 2.05) is 12.1 Å². The molecule has 0 saturated carbocycles. The summed E-state index contributed by atoms with van der Waals surface area (Å²) in [4.78, 5) is 15.8. The third-order valence-electron chi connectivity index (χ3n) is 2.40. The summed E-state index contributed by atoms with van der Waals surface area (Å²) in [6.07, 6.45) is 4.84. The first kappa shape index (κ1) is 12.5. The number of hydrogen-bond donors (Lipinski definition) is 1. The van der Waals surface area contributed by atoms with Crippen molar-refractivity contribution in [1.82, 2.24) is 10.3 Å². The fourth-order valence-electron chi connectivity index (χ4n) is 1.51. The molecule has 0 atom stereocenters. The number of aromatic nitrogens is 1. The van der Waals surface area contributed by atoms with E-state index in [0.29, 0.717) is 5.56 Å². The van der Waals surface area contributed by atoms with Crippen LogP contribution in [0.25, 0.3) is 6.08 Å². The normalized spacial score (nSPS) is 10.6. The van der Waals surface area contributed by atoms with Gasteiger partial charge in [-0.3, -0.25) is 9.78 Å². The van der Waals surface area contributed by atoms with Crippen LogP contribution in [0.2, 0.25) is 0 Å². The Morgan fingerprint density at radius 3 is 2.63 bits per heavy atom. The van der Waals surface area contributed by atoms with E-state index in [1.165, 1.54) is 0 Å². The molecule has 0 unspecified atom stereocenters. The van der Waals surface area contributed by atoms with Crippen molar-refractivity contribution in [2.24, 2.45) is 0 Å². The molecule has 0 spiro atoms. The van der Waals surface area contributed by atoms with E-state index >= 15 is 0 Å². The highest BCUT2D eigenvalue weighted by molar-refractivity contribution is 5.96. The zero-order valence-electron chi connectivity index (χ0n) is 10.1. The van der Waals surface area contributed by atoms with Crippen molar-refractivity contribution in [3.63, 3.8) is 0 Å². The monoisotopic (exact) mass is 249 g/mol. The van der Waals surface area contributed by atoms with Gasteiger partial charge in [0.05, 0.1) is 0 Å². The largest absolute Gasteiger partial charge is 0.313 e. The lowest BCUT2D eigenvalue weighted by atomic mass is 10.2. The van der Waals surface area contributed by atoms with Gasteiger partial charge in [0.2, 0.25) is 0 Å². The van der Waals surface area contributed by atoms with Crippen LogP contribution in [0.4, 0.5) is 0 Å². The number of carbonyl (C=O) groups is 1. The highest BCUT2D eigenvalue weighted by Crippen LogP contribution is 2.04. The van der Waals surface area contributed by atoms with Gasteiger partial charge in [0.1, 0.15) is 11.8 Å². The molecular formula is C15H11N3O. The average molecular weight is 249 g/mol. The lowest BCUT2D eigenvalue weighted by Crippen LogP contribution is -2.21. The number of pyridine rings is 1. The Labute approximate surface area is 111 Å². The Kier molecular flexibility index (Phi) is 4.04. The van der Waals surface area contributed by atoms with Crippen LogP contribution in [0.15, 0.2) is 60.6 Å². The maximum Gasteiger partial charge on any atom is 0.256 e. The molecule has 4 heteroatoms. The van der Waals surface area contributed by atoms with Crippen molar-refractivity contribution < 1.29 is 4.79 Å². The molecule has 0 aliphatic heterocycles. The first-order valence-electron chi connectivity index (χ1n) is 5.68. The van der Waals surface area contributed by atoms with Crippen molar-refractivity contribution in [3.8, 4) is 6.07 Å². The van der Waals surface area contributed by atoms with Crippen molar-refractivity contribution in [2.45, 2.75) is 0 Å². The van der Waals surface area contributed by atoms with Gasteiger partial charge in [-0.15, -0.1) is 0 Å². The molecule has 0 radical (unpaired) electrons. The Bertz CT molecular complexity index is 627. The number of allylic oxidation sites excluding steroid dienone is 1. The summed E-state index contributed by atoms with van der Waals surface area (Å²) in [5.74, 6) is -0.308. The van der Waals surface area contributed by atoms with Crippen molar-refractivity contribution >= 4 is 12.0 Å². The van der Waals surface area contributed by atoms with Gasteiger partial charge in [0, 0.05) is 18.0 Å². The van der Waals surface area contributed by atoms with E-state index in [0.717, 1.165) is 5.56 Å². The fourth-order valence-corrected chi connectivity index (χ4v) is 1.51. The van der Waals surface area contributed by atoms with Crippen LogP contribution in [-0.4, -0.2) is 10.9 Å².